The van der Waals surface area contributed by atoms with Gasteiger partial charge in [-0.1, -0.05) is 12.1 Å². The van der Waals surface area contributed by atoms with Crippen molar-refractivity contribution in [3.05, 3.63) is 35.0 Å². The predicted octanol–water partition coefficient (Wildman–Crippen LogP) is 3.72. The second-order valence-corrected chi connectivity index (χ2v) is 4.65. The standard InChI is InChI=1S/C11H9F3N2S/c1-6-2-3-7(8(15)4-6)9-5-16-10(17-9)11(12,13)14/h2-5H,15H2,1H3. The van der Waals surface area contributed by atoms with Crippen molar-refractivity contribution in [2.75, 3.05) is 5.73 Å². The van der Waals surface area contributed by atoms with E-state index in [1.807, 2.05) is 6.92 Å². The van der Waals surface area contributed by atoms with Crippen molar-refractivity contribution in [1.29, 1.82) is 0 Å². The molecule has 17 heavy (non-hydrogen) atoms. The zero-order chi connectivity index (χ0) is 12.6. The van der Waals surface area contributed by atoms with Gasteiger partial charge in [0.15, 0.2) is 5.01 Å². The van der Waals surface area contributed by atoms with Gasteiger partial charge in [0.1, 0.15) is 0 Å². The third-order valence-corrected chi connectivity index (χ3v) is 3.30. The third kappa shape index (κ3) is 2.41. The van der Waals surface area contributed by atoms with Crippen LogP contribution in [0, 0.1) is 6.92 Å². The van der Waals surface area contributed by atoms with E-state index >= 15 is 0 Å². The summed E-state index contributed by atoms with van der Waals surface area (Å²) in [6.07, 6.45) is -3.20. The van der Waals surface area contributed by atoms with Gasteiger partial charge >= 0.3 is 6.18 Å². The summed E-state index contributed by atoms with van der Waals surface area (Å²) in [4.78, 5) is 3.79. The molecule has 0 aliphatic heterocycles. The third-order valence-electron chi connectivity index (χ3n) is 2.22. The molecule has 2 N–H and O–H groups in total. The van der Waals surface area contributed by atoms with Crippen LogP contribution in [0.4, 0.5) is 18.9 Å². The van der Waals surface area contributed by atoms with Gasteiger partial charge in [0.25, 0.3) is 0 Å². The molecule has 0 saturated heterocycles. The summed E-state index contributed by atoms with van der Waals surface area (Å²) >= 11 is 0.597. The van der Waals surface area contributed by atoms with Crippen LogP contribution in [0.25, 0.3) is 10.4 Å². The number of hydrogen-bond acceptors (Lipinski definition) is 3. The highest BCUT2D eigenvalue weighted by molar-refractivity contribution is 7.15. The van der Waals surface area contributed by atoms with E-state index in [1.165, 1.54) is 6.20 Å². The van der Waals surface area contributed by atoms with E-state index in [2.05, 4.69) is 4.98 Å². The lowest BCUT2D eigenvalue weighted by molar-refractivity contribution is -0.137. The maximum absolute atomic E-state index is 12.4. The van der Waals surface area contributed by atoms with Gasteiger partial charge in [-0.25, -0.2) is 4.98 Å². The fourth-order valence-electron chi connectivity index (χ4n) is 1.44. The number of nitrogen functional groups attached to an aromatic ring is 1. The van der Waals surface area contributed by atoms with Crippen molar-refractivity contribution in [2.24, 2.45) is 0 Å². The first kappa shape index (κ1) is 11.9. The summed E-state index contributed by atoms with van der Waals surface area (Å²) in [5.41, 5.74) is 7.78. The van der Waals surface area contributed by atoms with Crippen LogP contribution < -0.4 is 5.73 Å². The number of nitrogens with two attached hydrogens (primary N) is 1. The molecule has 1 heterocycles. The first-order valence-corrected chi connectivity index (χ1v) is 5.59. The molecule has 2 aromatic rings. The predicted molar refractivity (Wildman–Crippen MR) is 61.7 cm³/mol. The Morgan fingerprint density at radius 3 is 2.53 bits per heavy atom. The van der Waals surface area contributed by atoms with E-state index in [1.54, 1.807) is 18.2 Å². The monoisotopic (exact) mass is 258 g/mol. The Morgan fingerprint density at radius 1 is 1.29 bits per heavy atom. The average molecular weight is 258 g/mol. The second kappa shape index (κ2) is 4.03. The van der Waals surface area contributed by atoms with Crippen LogP contribution in [-0.2, 0) is 6.18 Å². The molecule has 1 aromatic carbocycles. The zero-order valence-corrected chi connectivity index (χ0v) is 9.69. The van der Waals surface area contributed by atoms with Gasteiger partial charge in [-0.15, -0.1) is 11.3 Å². The van der Waals surface area contributed by atoms with Crippen LogP contribution >= 0.6 is 11.3 Å². The summed E-state index contributed by atoms with van der Waals surface area (Å²) in [6, 6.07) is 5.24. The number of nitrogens with zero attached hydrogens (tertiary/aromatic N) is 1. The molecule has 0 radical (unpaired) electrons. The summed E-state index contributed by atoms with van der Waals surface area (Å²) in [5.74, 6) is 0. The van der Waals surface area contributed by atoms with Crippen LogP contribution in [0.1, 0.15) is 10.6 Å². The molecule has 0 aliphatic carbocycles. The molecular weight excluding hydrogens is 249 g/mol. The molecule has 0 amide bonds. The van der Waals surface area contributed by atoms with E-state index in [0.717, 1.165) is 5.56 Å². The quantitative estimate of drug-likeness (QED) is 0.792. The number of anilines is 1. The van der Waals surface area contributed by atoms with Crippen molar-refractivity contribution < 1.29 is 13.2 Å². The molecule has 90 valence electrons. The lowest BCUT2D eigenvalue weighted by Gasteiger charge is -2.03. The Morgan fingerprint density at radius 2 is 2.00 bits per heavy atom. The fourth-order valence-corrected chi connectivity index (χ4v) is 2.27. The maximum atomic E-state index is 12.4. The lowest BCUT2D eigenvalue weighted by atomic mass is 10.1. The Kier molecular flexibility index (Phi) is 2.82. The molecular formula is C11H9F3N2S. The summed E-state index contributed by atoms with van der Waals surface area (Å²) < 4.78 is 37.2. The van der Waals surface area contributed by atoms with E-state index in [-0.39, 0.29) is 0 Å². The number of aryl methyl sites for hydroxylation is 1. The SMILES string of the molecule is Cc1ccc(-c2cnc(C(F)(F)F)s2)c(N)c1. The molecule has 1 aromatic heterocycles. The Hall–Kier alpha value is -1.56. The topological polar surface area (TPSA) is 38.9 Å². The van der Waals surface area contributed by atoms with E-state index in [9.17, 15) is 13.2 Å². The maximum Gasteiger partial charge on any atom is 0.443 e. The fraction of sp³-hybridized carbons (Fsp3) is 0.182. The number of alkyl halides is 3. The molecule has 0 aliphatic rings. The van der Waals surface area contributed by atoms with Gasteiger partial charge in [-0.2, -0.15) is 13.2 Å². The minimum Gasteiger partial charge on any atom is -0.398 e. The molecule has 6 heteroatoms. The number of rotatable bonds is 1. The smallest absolute Gasteiger partial charge is 0.398 e. The van der Waals surface area contributed by atoms with Crippen LogP contribution in [0.3, 0.4) is 0 Å². The van der Waals surface area contributed by atoms with E-state index in [4.69, 9.17) is 5.73 Å². The Bertz CT molecular complexity index is 546. The van der Waals surface area contributed by atoms with Gasteiger partial charge in [0.05, 0.1) is 4.88 Å². The van der Waals surface area contributed by atoms with Crippen molar-refractivity contribution in [1.82, 2.24) is 4.98 Å². The molecule has 2 nitrogen and oxygen atoms in total. The number of halogens is 3. The summed E-state index contributed by atoms with van der Waals surface area (Å²) in [6.45, 7) is 1.87. The van der Waals surface area contributed by atoms with Crippen LogP contribution in [0.15, 0.2) is 24.4 Å². The highest BCUT2D eigenvalue weighted by atomic mass is 32.1. The summed E-state index contributed by atoms with van der Waals surface area (Å²) in [7, 11) is 0. The summed E-state index contributed by atoms with van der Waals surface area (Å²) in [5, 5.41) is -0.854. The van der Waals surface area contributed by atoms with Crippen LogP contribution in [0.5, 0.6) is 0 Å². The minimum absolute atomic E-state index is 0.426. The molecule has 0 spiro atoms. The van der Waals surface area contributed by atoms with Gasteiger partial charge in [0.2, 0.25) is 0 Å². The van der Waals surface area contributed by atoms with Crippen molar-refractivity contribution >= 4 is 17.0 Å². The molecule has 0 unspecified atom stereocenters. The Balaban J connectivity index is 2.44. The normalized spacial score (nSPS) is 11.8. The van der Waals surface area contributed by atoms with E-state index < -0.39 is 11.2 Å². The van der Waals surface area contributed by atoms with Crippen molar-refractivity contribution in [2.45, 2.75) is 13.1 Å². The van der Waals surface area contributed by atoms with Crippen molar-refractivity contribution in [3.63, 3.8) is 0 Å². The van der Waals surface area contributed by atoms with Crippen molar-refractivity contribution in [3.8, 4) is 10.4 Å². The number of hydrogen-bond donors (Lipinski definition) is 1. The number of aromatic nitrogens is 1. The number of thiazole rings is 1. The first-order valence-electron chi connectivity index (χ1n) is 4.77. The first-order chi connectivity index (χ1) is 7.88. The largest absolute Gasteiger partial charge is 0.443 e. The zero-order valence-electron chi connectivity index (χ0n) is 8.88. The van der Waals surface area contributed by atoms with Gasteiger partial charge in [-0.05, 0) is 18.6 Å². The minimum atomic E-state index is -4.40. The molecule has 0 atom stereocenters. The van der Waals surface area contributed by atoms with Gasteiger partial charge in [-0.3, -0.25) is 0 Å². The van der Waals surface area contributed by atoms with Gasteiger partial charge < -0.3 is 5.73 Å². The molecule has 0 bridgehead atoms. The molecule has 0 fully saturated rings. The van der Waals surface area contributed by atoms with Crippen LogP contribution in [-0.4, -0.2) is 4.98 Å². The van der Waals surface area contributed by atoms with Crippen LogP contribution in [0.2, 0.25) is 0 Å². The Labute approximate surface area is 99.9 Å². The highest BCUT2D eigenvalue weighted by Crippen LogP contribution is 2.38. The highest BCUT2D eigenvalue weighted by Gasteiger charge is 2.34. The number of benzene rings is 1. The second-order valence-electron chi connectivity index (χ2n) is 3.62. The average Bonchev–Trinajstić information content (AvgIpc) is 2.65. The lowest BCUT2D eigenvalue weighted by Crippen LogP contribution is -2.02. The molecule has 2 rings (SSSR count). The van der Waals surface area contributed by atoms with E-state index in [0.29, 0.717) is 27.5 Å². The molecule has 0 saturated carbocycles. The van der Waals surface area contributed by atoms with Gasteiger partial charge in [0, 0.05) is 17.4 Å².